The molecule has 0 bridgehead atoms. The predicted octanol–water partition coefficient (Wildman–Crippen LogP) is 3.00. The van der Waals surface area contributed by atoms with E-state index in [1.807, 2.05) is 13.8 Å². The van der Waals surface area contributed by atoms with Crippen LogP contribution in [0.5, 0.6) is 0 Å². The third kappa shape index (κ3) is 2.65. The minimum Gasteiger partial charge on any atom is -0.320 e. The molecule has 0 aliphatic heterocycles. The summed E-state index contributed by atoms with van der Waals surface area (Å²) in [5.41, 5.74) is 2.55. The Hall–Kier alpha value is -1.94. The Labute approximate surface area is 110 Å². The van der Waals surface area contributed by atoms with Crippen molar-refractivity contribution in [1.29, 1.82) is 0 Å². The van der Waals surface area contributed by atoms with Gasteiger partial charge in [-0.05, 0) is 43.7 Å². The molecule has 1 N–H and O–H groups in total. The molecule has 18 heavy (non-hydrogen) atoms. The van der Waals surface area contributed by atoms with E-state index in [1.165, 1.54) is 0 Å². The van der Waals surface area contributed by atoms with Gasteiger partial charge in [0, 0.05) is 10.7 Å². The summed E-state index contributed by atoms with van der Waals surface area (Å²) < 4.78 is 0. The van der Waals surface area contributed by atoms with Crippen molar-refractivity contribution in [2.24, 2.45) is 0 Å². The Morgan fingerprint density at radius 2 is 1.94 bits per heavy atom. The van der Waals surface area contributed by atoms with E-state index in [0.29, 0.717) is 10.7 Å². The van der Waals surface area contributed by atoms with Crippen LogP contribution in [0.25, 0.3) is 0 Å². The Kier molecular flexibility index (Phi) is 3.58. The van der Waals surface area contributed by atoms with Crippen molar-refractivity contribution >= 4 is 23.2 Å². The number of carbonyl (C=O) groups is 1. The Morgan fingerprint density at radius 1 is 1.17 bits per heavy atom. The van der Waals surface area contributed by atoms with Crippen molar-refractivity contribution in [2.45, 2.75) is 13.8 Å². The van der Waals surface area contributed by atoms with Crippen LogP contribution in [0.2, 0.25) is 5.02 Å². The summed E-state index contributed by atoms with van der Waals surface area (Å²) in [6, 6.07) is 8.73. The van der Waals surface area contributed by atoms with Gasteiger partial charge in [0.05, 0.1) is 5.69 Å². The number of nitrogens with zero attached hydrogens (tertiary/aromatic N) is 2. The van der Waals surface area contributed by atoms with Crippen LogP contribution in [-0.2, 0) is 0 Å². The molecule has 4 nitrogen and oxygen atoms in total. The summed E-state index contributed by atoms with van der Waals surface area (Å²) in [6.07, 6.45) is 0. The molecular formula is C13H12ClN3O. The summed E-state index contributed by atoms with van der Waals surface area (Å²) in [7, 11) is 0. The van der Waals surface area contributed by atoms with E-state index in [9.17, 15) is 4.79 Å². The SMILES string of the molecule is Cc1ccc(C(=O)Nc2cccc(Cl)c2C)nn1. The molecule has 1 aromatic carbocycles. The molecule has 0 aliphatic carbocycles. The van der Waals surface area contributed by atoms with Crippen molar-refractivity contribution in [3.63, 3.8) is 0 Å². The summed E-state index contributed by atoms with van der Waals surface area (Å²) in [5.74, 6) is -0.298. The molecule has 1 amide bonds. The quantitative estimate of drug-likeness (QED) is 0.904. The maximum Gasteiger partial charge on any atom is 0.276 e. The fraction of sp³-hybridized carbons (Fsp3) is 0.154. The summed E-state index contributed by atoms with van der Waals surface area (Å²) in [6.45, 7) is 3.66. The van der Waals surface area contributed by atoms with Crippen molar-refractivity contribution in [3.8, 4) is 0 Å². The highest BCUT2D eigenvalue weighted by molar-refractivity contribution is 6.31. The molecular weight excluding hydrogens is 250 g/mol. The predicted molar refractivity (Wildman–Crippen MR) is 70.9 cm³/mol. The number of hydrogen-bond donors (Lipinski definition) is 1. The fourth-order valence-corrected chi connectivity index (χ4v) is 1.62. The molecule has 0 fully saturated rings. The summed E-state index contributed by atoms with van der Waals surface area (Å²) in [4.78, 5) is 11.9. The van der Waals surface area contributed by atoms with Gasteiger partial charge >= 0.3 is 0 Å². The topological polar surface area (TPSA) is 54.9 Å². The molecule has 2 rings (SSSR count). The summed E-state index contributed by atoms with van der Waals surface area (Å²) >= 11 is 5.98. The molecule has 0 saturated heterocycles. The van der Waals surface area contributed by atoms with Gasteiger partial charge in [-0.1, -0.05) is 17.7 Å². The van der Waals surface area contributed by atoms with Crippen LogP contribution in [0.3, 0.4) is 0 Å². The zero-order chi connectivity index (χ0) is 13.1. The zero-order valence-electron chi connectivity index (χ0n) is 10.1. The number of aryl methyl sites for hydroxylation is 1. The lowest BCUT2D eigenvalue weighted by molar-refractivity contribution is 0.102. The van der Waals surface area contributed by atoms with Crippen LogP contribution in [-0.4, -0.2) is 16.1 Å². The van der Waals surface area contributed by atoms with Gasteiger partial charge < -0.3 is 5.32 Å². The minimum atomic E-state index is -0.298. The highest BCUT2D eigenvalue weighted by atomic mass is 35.5. The number of aromatic nitrogens is 2. The Morgan fingerprint density at radius 3 is 2.61 bits per heavy atom. The first-order valence-electron chi connectivity index (χ1n) is 5.45. The number of nitrogens with one attached hydrogen (secondary N) is 1. The molecule has 0 atom stereocenters. The molecule has 2 aromatic rings. The normalized spacial score (nSPS) is 10.2. The number of rotatable bonds is 2. The molecule has 1 aromatic heterocycles. The standard InChI is InChI=1S/C13H12ClN3O/c1-8-6-7-12(17-16-8)13(18)15-11-5-3-4-10(14)9(11)2/h3-7H,1-2H3,(H,15,18). The maximum absolute atomic E-state index is 11.9. The van der Waals surface area contributed by atoms with Gasteiger partial charge in [0.15, 0.2) is 5.69 Å². The first-order valence-corrected chi connectivity index (χ1v) is 5.82. The van der Waals surface area contributed by atoms with E-state index < -0.39 is 0 Å². The van der Waals surface area contributed by atoms with Gasteiger partial charge in [-0.2, -0.15) is 5.10 Å². The van der Waals surface area contributed by atoms with Crippen LogP contribution in [0.4, 0.5) is 5.69 Å². The van der Waals surface area contributed by atoms with Crippen molar-refractivity contribution in [1.82, 2.24) is 10.2 Å². The van der Waals surface area contributed by atoms with Crippen molar-refractivity contribution < 1.29 is 4.79 Å². The van der Waals surface area contributed by atoms with E-state index in [-0.39, 0.29) is 11.6 Å². The average Bonchev–Trinajstić information content (AvgIpc) is 2.36. The summed E-state index contributed by atoms with van der Waals surface area (Å²) in [5, 5.41) is 11.1. The second-order valence-corrected chi connectivity index (χ2v) is 4.33. The van der Waals surface area contributed by atoms with Gasteiger partial charge in [-0.3, -0.25) is 4.79 Å². The lowest BCUT2D eigenvalue weighted by Crippen LogP contribution is -2.15. The highest BCUT2D eigenvalue weighted by Gasteiger charge is 2.10. The smallest absolute Gasteiger partial charge is 0.276 e. The molecule has 1 heterocycles. The van der Waals surface area contributed by atoms with Crippen LogP contribution < -0.4 is 5.32 Å². The molecule has 0 aliphatic rings. The van der Waals surface area contributed by atoms with E-state index in [0.717, 1.165) is 11.3 Å². The first kappa shape index (κ1) is 12.5. The van der Waals surface area contributed by atoms with Gasteiger partial charge in [0.1, 0.15) is 0 Å². The van der Waals surface area contributed by atoms with E-state index >= 15 is 0 Å². The monoisotopic (exact) mass is 261 g/mol. The van der Waals surface area contributed by atoms with Crippen molar-refractivity contribution in [2.75, 3.05) is 5.32 Å². The molecule has 0 spiro atoms. The van der Waals surface area contributed by atoms with E-state index in [4.69, 9.17) is 11.6 Å². The van der Waals surface area contributed by atoms with Gasteiger partial charge in [0.25, 0.3) is 5.91 Å². The second-order valence-electron chi connectivity index (χ2n) is 3.93. The number of carbonyl (C=O) groups excluding carboxylic acids is 1. The molecule has 5 heteroatoms. The molecule has 0 saturated carbocycles. The maximum atomic E-state index is 11.9. The van der Waals surface area contributed by atoms with Crippen LogP contribution in [0, 0.1) is 13.8 Å². The third-order valence-electron chi connectivity index (χ3n) is 2.55. The third-order valence-corrected chi connectivity index (χ3v) is 2.96. The molecule has 0 unspecified atom stereocenters. The van der Waals surface area contributed by atoms with Crippen LogP contribution in [0.15, 0.2) is 30.3 Å². The van der Waals surface area contributed by atoms with Crippen LogP contribution >= 0.6 is 11.6 Å². The number of anilines is 1. The Bertz CT molecular complexity index is 581. The molecule has 92 valence electrons. The average molecular weight is 262 g/mol. The van der Waals surface area contributed by atoms with Gasteiger partial charge in [0.2, 0.25) is 0 Å². The van der Waals surface area contributed by atoms with E-state index in [2.05, 4.69) is 15.5 Å². The van der Waals surface area contributed by atoms with Gasteiger partial charge in [-0.25, -0.2) is 0 Å². The lowest BCUT2D eigenvalue weighted by atomic mass is 10.2. The number of amides is 1. The van der Waals surface area contributed by atoms with E-state index in [1.54, 1.807) is 30.3 Å². The Balaban J connectivity index is 2.21. The molecule has 0 radical (unpaired) electrons. The largest absolute Gasteiger partial charge is 0.320 e. The fourth-order valence-electron chi connectivity index (χ4n) is 1.45. The number of halogens is 1. The second kappa shape index (κ2) is 5.14. The lowest BCUT2D eigenvalue weighted by Gasteiger charge is -2.08. The van der Waals surface area contributed by atoms with Crippen LogP contribution in [0.1, 0.15) is 21.7 Å². The van der Waals surface area contributed by atoms with Crippen molar-refractivity contribution in [3.05, 3.63) is 52.3 Å². The zero-order valence-corrected chi connectivity index (χ0v) is 10.8. The first-order chi connectivity index (χ1) is 8.58. The van der Waals surface area contributed by atoms with Gasteiger partial charge in [-0.15, -0.1) is 5.10 Å². The minimum absolute atomic E-state index is 0.278. The number of benzene rings is 1. The highest BCUT2D eigenvalue weighted by Crippen LogP contribution is 2.23. The number of hydrogen-bond acceptors (Lipinski definition) is 3.